The lowest BCUT2D eigenvalue weighted by Gasteiger charge is -2.31. The van der Waals surface area contributed by atoms with Crippen molar-refractivity contribution in [1.29, 1.82) is 0 Å². The van der Waals surface area contributed by atoms with Crippen LogP contribution in [-0.2, 0) is 32.0 Å². The Hall–Kier alpha value is -3.19. The molecule has 1 aliphatic carbocycles. The zero-order chi connectivity index (χ0) is 25.0. The fourth-order valence-corrected chi connectivity index (χ4v) is 4.74. The van der Waals surface area contributed by atoms with Crippen molar-refractivity contribution >= 4 is 18.3 Å². The van der Waals surface area contributed by atoms with E-state index in [4.69, 9.17) is 4.74 Å². The molecule has 2 amide bonds. The molecule has 0 spiro atoms. The van der Waals surface area contributed by atoms with Crippen LogP contribution in [0.4, 0.5) is 0 Å². The molecule has 0 radical (unpaired) electrons. The lowest BCUT2D eigenvalue weighted by atomic mass is 9.88. The highest BCUT2D eigenvalue weighted by Gasteiger charge is 2.35. The molecule has 1 aliphatic rings. The smallest absolute Gasteiger partial charge is 0.329 e. The predicted molar refractivity (Wildman–Crippen MR) is 132 cm³/mol. The Balaban J connectivity index is 1.84. The first-order valence-corrected chi connectivity index (χ1v) is 12.5. The molecular weight excluding hydrogens is 444 g/mol. The van der Waals surface area contributed by atoms with Gasteiger partial charge in [0.2, 0.25) is 12.3 Å². The summed E-state index contributed by atoms with van der Waals surface area (Å²) < 4.78 is 5.75. The molecule has 188 valence electrons. The van der Waals surface area contributed by atoms with Crippen molar-refractivity contribution in [3.05, 3.63) is 71.8 Å². The molecule has 2 N–H and O–H groups in total. The number of amides is 2. The number of nitrogens with zero attached hydrogens (tertiary/aromatic N) is 1. The van der Waals surface area contributed by atoms with Crippen molar-refractivity contribution < 1.29 is 24.3 Å². The van der Waals surface area contributed by atoms with Crippen molar-refractivity contribution in [2.75, 3.05) is 0 Å². The van der Waals surface area contributed by atoms with Crippen LogP contribution in [0.3, 0.4) is 0 Å². The molecule has 0 heterocycles. The molecule has 0 saturated heterocycles. The van der Waals surface area contributed by atoms with E-state index in [1.807, 2.05) is 67.6 Å². The number of rotatable bonds is 13. The van der Waals surface area contributed by atoms with Gasteiger partial charge in [-0.2, -0.15) is 0 Å². The summed E-state index contributed by atoms with van der Waals surface area (Å²) in [5, 5.41) is 13.8. The number of ether oxygens (including phenoxy) is 1. The minimum Gasteiger partial charge on any atom is -0.461 e. The molecule has 3 rings (SSSR count). The van der Waals surface area contributed by atoms with Gasteiger partial charge in [-0.25, -0.2) is 9.86 Å². The van der Waals surface area contributed by atoms with Gasteiger partial charge in [0.05, 0.1) is 12.0 Å². The molecule has 0 aromatic heterocycles. The number of carbonyl (C=O) groups is 3. The summed E-state index contributed by atoms with van der Waals surface area (Å²) >= 11 is 0. The van der Waals surface area contributed by atoms with Gasteiger partial charge in [-0.05, 0) is 49.7 Å². The molecule has 7 nitrogen and oxygen atoms in total. The normalized spacial score (nSPS) is 16.2. The van der Waals surface area contributed by atoms with Gasteiger partial charge in [0.15, 0.2) is 0 Å². The van der Waals surface area contributed by atoms with Crippen LogP contribution in [0.15, 0.2) is 60.7 Å². The molecule has 3 atom stereocenters. The minimum absolute atomic E-state index is 0.117. The van der Waals surface area contributed by atoms with E-state index in [2.05, 4.69) is 5.32 Å². The van der Waals surface area contributed by atoms with E-state index in [0.29, 0.717) is 37.2 Å². The van der Waals surface area contributed by atoms with Crippen LogP contribution < -0.4 is 5.32 Å². The van der Waals surface area contributed by atoms with Gasteiger partial charge in [0.1, 0.15) is 12.1 Å². The Morgan fingerprint density at radius 1 is 1.03 bits per heavy atom. The molecule has 0 bridgehead atoms. The van der Waals surface area contributed by atoms with Crippen LogP contribution in [0.2, 0.25) is 0 Å². The third-order valence-electron chi connectivity index (χ3n) is 6.60. The second kappa shape index (κ2) is 13.6. The highest BCUT2D eigenvalue weighted by atomic mass is 16.5. The largest absolute Gasteiger partial charge is 0.461 e. The van der Waals surface area contributed by atoms with E-state index in [1.54, 1.807) is 0 Å². The van der Waals surface area contributed by atoms with E-state index in [9.17, 15) is 19.6 Å². The van der Waals surface area contributed by atoms with Gasteiger partial charge in [0.25, 0.3) is 0 Å². The van der Waals surface area contributed by atoms with Gasteiger partial charge in [-0.3, -0.25) is 14.8 Å². The maximum absolute atomic E-state index is 13.7. The highest BCUT2D eigenvalue weighted by molar-refractivity contribution is 5.86. The van der Waals surface area contributed by atoms with Crippen LogP contribution >= 0.6 is 0 Å². The van der Waals surface area contributed by atoms with Crippen molar-refractivity contribution in [2.45, 2.75) is 76.5 Å². The summed E-state index contributed by atoms with van der Waals surface area (Å²) in [6.45, 7) is 1.93. The second-order valence-electron chi connectivity index (χ2n) is 9.23. The number of carbonyl (C=O) groups excluding carboxylic acids is 3. The Morgan fingerprint density at radius 2 is 1.60 bits per heavy atom. The zero-order valence-electron chi connectivity index (χ0n) is 20.3. The van der Waals surface area contributed by atoms with E-state index >= 15 is 0 Å². The summed E-state index contributed by atoms with van der Waals surface area (Å²) in [4.78, 5) is 38.2. The zero-order valence-corrected chi connectivity index (χ0v) is 20.3. The summed E-state index contributed by atoms with van der Waals surface area (Å²) in [6.07, 6.45) is 5.69. The Morgan fingerprint density at radius 3 is 2.14 bits per heavy atom. The first kappa shape index (κ1) is 26.4. The molecule has 1 fully saturated rings. The van der Waals surface area contributed by atoms with Gasteiger partial charge in [-0.1, -0.05) is 74.0 Å². The summed E-state index contributed by atoms with van der Waals surface area (Å²) in [5.41, 5.74) is 1.81. The lowest BCUT2D eigenvalue weighted by molar-refractivity contribution is -0.169. The summed E-state index contributed by atoms with van der Waals surface area (Å²) in [7, 11) is 0. The Labute approximate surface area is 207 Å². The third-order valence-corrected chi connectivity index (χ3v) is 6.60. The summed E-state index contributed by atoms with van der Waals surface area (Å²) in [5.74, 6) is -1.58. The van der Waals surface area contributed by atoms with Crippen LogP contribution in [-0.4, -0.2) is 46.7 Å². The first-order valence-electron chi connectivity index (χ1n) is 12.5. The third kappa shape index (κ3) is 7.92. The summed E-state index contributed by atoms with van der Waals surface area (Å²) in [6, 6.07) is 17.4. The number of hydrogen-bond donors (Lipinski definition) is 2. The number of esters is 1. The quantitative estimate of drug-likeness (QED) is 0.195. The topological polar surface area (TPSA) is 95.9 Å². The van der Waals surface area contributed by atoms with Gasteiger partial charge >= 0.3 is 5.97 Å². The van der Waals surface area contributed by atoms with Crippen LogP contribution in [0.25, 0.3) is 0 Å². The van der Waals surface area contributed by atoms with Crippen molar-refractivity contribution in [1.82, 2.24) is 10.4 Å². The van der Waals surface area contributed by atoms with Crippen molar-refractivity contribution in [3.8, 4) is 0 Å². The lowest BCUT2D eigenvalue weighted by Crippen LogP contribution is -2.51. The molecule has 35 heavy (non-hydrogen) atoms. The van der Waals surface area contributed by atoms with E-state index in [0.717, 1.165) is 36.8 Å². The van der Waals surface area contributed by atoms with Crippen molar-refractivity contribution in [2.24, 2.45) is 5.92 Å². The molecule has 2 aromatic carbocycles. The minimum atomic E-state index is -0.866. The van der Waals surface area contributed by atoms with E-state index < -0.39 is 29.9 Å². The van der Waals surface area contributed by atoms with Crippen molar-refractivity contribution in [3.63, 3.8) is 0 Å². The fourth-order valence-electron chi connectivity index (χ4n) is 4.74. The van der Waals surface area contributed by atoms with Gasteiger partial charge < -0.3 is 10.1 Å². The monoisotopic (exact) mass is 480 g/mol. The molecule has 7 heteroatoms. The maximum Gasteiger partial charge on any atom is 0.329 e. The van der Waals surface area contributed by atoms with E-state index in [-0.39, 0.29) is 6.10 Å². The predicted octanol–water partition coefficient (Wildman–Crippen LogP) is 4.07. The average molecular weight is 481 g/mol. The average Bonchev–Trinajstić information content (AvgIpc) is 3.39. The van der Waals surface area contributed by atoms with Crippen LogP contribution in [0.1, 0.15) is 56.6 Å². The number of hydrogen-bond acceptors (Lipinski definition) is 5. The first-order chi connectivity index (χ1) is 17.0. The molecule has 2 aromatic rings. The molecule has 0 unspecified atom stereocenters. The molecule has 0 aliphatic heterocycles. The number of nitrogens with one attached hydrogen (secondary N) is 1. The van der Waals surface area contributed by atoms with Crippen LogP contribution in [0.5, 0.6) is 0 Å². The van der Waals surface area contributed by atoms with Gasteiger partial charge in [0, 0.05) is 6.42 Å². The molecule has 1 saturated carbocycles. The molecular formula is C28H36N2O5. The second-order valence-corrected chi connectivity index (χ2v) is 9.23. The standard InChI is InChI=1S/C28H36N2O5/c1-2-11-26(30(34)20-31)24(18-21-12-5-3-6-13-21)27(32)29-25(19-22-14-7-4-8-15-22)28(33)35-23-16-9-10-17-23/h3-8,12-15,20,23-26,34H,2,9-11,16-19H2,1H3,(H,29,32)/t24-,25+,26+/m1/s1. The Kier molecular flexibility index (Phi) is 10.3. The maximum atomic E-state index is 13.7. The fraction of sp³-hybridized carbons (Fsp3) is 0.464. The van der Waals surface area contributed by atoms with Crippen LogP contribution in [0, 0.1) is 5.92 Å². The Bertz CT molecular complexity index is 931. The number of hydroxylamine groups is 2. The van der Waals surface area contributed by atoms with E-state index in [1.165, 1.54) is 0 Å². The van der Waals surface area contributed by atoms with Gasteiger partial charge in [-0.15, -0.1) is 0 Å². The highest BCUT2D eigenvalue weighted by Crippen LogP contribution is 2.23. The number of benzene rings is 2. The SMILES string of the molecule is CCC[C@@H]([C@@H](Cc1ccccc1)C(=O)N[C@@H](Cc1ccccc1)C(=O)OC1CCCC1)N(O)C=O.